The predicted octanol–water partition coefficient (Wildman–Crippen LogP) is 5.60. The second kappa shape index (κ2) is 4.79. The Morgan fingerprint density at radius 3 is 2.39 bits per heavy atom. The summed E-state index contributed by atoms with van der Waals surface area (Å²) in [7, 11) is 0. The van der Waals surface area contributed by atoms with E-state index in [0.717, 1.165) is 0 Å². The zero-order valence-corrected chi connectivity index (χ0v) is 11.1. The topological polar surface area (TPSA) is 0 Å². The fraction of sp³-hybridized carbons (Fsp3) is 0.0588. The molecular formula is C17H14S. The van der Waals surface area contributed by atoms with Crippen LogP contribution in [0.5, 0.6) is 0 Å². The Morgan fingerprint density at radius 1 is 0.889 bits per heavy atom. The van der Waals surface area contributed by atoms with Gasteiger partial charge in [0.15, 0.2) is 0 Å². The number of fused-ring (bicyclic) bond motifs is 1. The van der Waals surface area contributed by atoms with Crippen LogP contribution in [0.1, 0.15) is 11.8 Å². The molecule has 18 heavy (non-hydrogen) atoms. The van der Waals surface area contributed by atoms with Gasteiger partial charge >= 0.3 is 0 Å². The molecule has 2 aromatic carbocycles. The van der Waals surface area contributed by atoms with Gasteiger partial charge in [-0.2, -0.15) is 0 Å². The predicted molar refractivity (Wildman–Crippen MR) is 82.0 cm³/mol. The van der Waals surface area contributed by atoms with E-state index in [2.05, 4.69) is 73.7 Å². The summed E-state index contributed by atoms with van der Waals surface area (Å²) in [5, 5.41) is 1.35. The molecule has 0 unspecified atom stereocenters. The summed E-state index contributed by atoms with van der Waals surface area (Å²) in [5.74, 6) is 0. The minimum atomic E-state index is 1.29. The van der Waals surface area contributed by atoms with Gasteiger partial charge in [0.25, 0.3) is 0 Å². The standard InChI is InChI=1S/C17H14S/c1-2-8-16-17(13-9-4-3-5-10-13)14-11-6-7-12-15(14)18-16/h2-12H,1H3. The molecule has 0 spiro atoms. The van der Waals surface area contributed by atoms with Crippen LogP contribution in [0.2, 0.25) is 0 Å². The summed E-state index contributed by atoms with van der Waals surface area (Å²) in [6.45, 7) is 2.07. The smallest absolute Gasteiger partial charge is 0.0358 e. The van der Waals surface area contributed by atoms with E-state index in [0.29, 0.717) is 0 Å². The number of rotatable bonds is 2. The largest absolute Gasteiger partial charge is 0.135 e. The quantitative estimate of drug-likeness (QED) is 0.555. The van der Waals surface area contributed by atoms with Crippen molar-refractivity contribution in [2.45, 2.75) is 6.92 Å². The molecule has 0 saturated heterocycles. The minimum Gasteiger partial charge on any atom is -0.135 e. The van der Waals surface area contributed by atoms with E-state index in [4.69, 9.17) is 0 Å². The van der Waals surface area contributed by atoms with E-state index in [9.17, 15) is 0 Å². The molecule has 0 aliphatic heterocycles. The van der Waals surface area contributed by atoms with E-state index in [-0.39, 0.29) is 0 Å². The van der Waals surface area contributed by atoms with E-state index in [1.807, 2.05) is 11.3 Å². The highest BCUT2D eigenvalue weighted by Gasteiger charge is 2.10. The van der Waals surface area contributed by atoms with Crippen LogP contribution in [0.15, 0.2) is 60.7 Å². The molecular weight excluding hydrogens is 236 g/mol. The Labute approximate surface area is 111 Å². The molecule has 0 N–H and O–H groups in total. The van der Waals surface area contributed by atoms with Gasteiger partial charge in [-0.15, -0.1) is 11.3 Å². The number of allylic oxidation sites excluding steroid dienone is 1. The fourth-order valence-electron chi connectivity index (χ4n) is 2.24. The first-order chi connectivity index (χ1) is 8.90. The normalized spacial score (nSPS) is 11.4. The lowest BCUT2D eigenvalue weighted by Gasteiger charge is -2.01. The lowest BCUT2D eigenvalue weighted by molar-refractivity contribution is 1.67. The molecule has 0 nitrogen and oxygen atoms in total. The second-order valence-electron chi connectivity index (χ2n) is 4.20. The van der Waals surface area contributed by atoms with E-state index in [1.165, 1.54) is 26.1 Å². The van der Waals surface area contributed by atoms with Crippen molar-refractivity contribution in [3.8, 4) is 11.1 Å². The fourth-order valence-corrected chi connectivity index (χ4v) is 3.43. The maximum absolute atomic E-state index is 2.21. The van der Waals surface area contributed by atoms with Crippen molar-refractivity contribution < 1.29 is 0 Å². The lowest BCUT2D eigenvalue weighted by Crippen LogP contribution is -1.77. The van der Waals surface area contributed by atoms with Crippen LogP contribution in [0.4, 0.5) is 0 Å². The van der Waals surface area contributed by atoms with Crippen molar-refractivity contribution in [3.63, 3.8) is 0 Å². The van der Waals surface area contributed by atoms with Crippen molar-refractivity contribution in [3.05, 3.63) is 65.6 Å². The molecule has 88 valence electrons. The Hall–Kier alpha value is -1.86. The van der Waals surface area contributed by atoms with Crippen LogP contribution in [0.3, 0.4) is 0 Å². The number of thiophene rings is 1. The molecule has 3 rings (SSSR count). The van der Waals surface area contributed by atoms with Crippen LogP contribution in [-0.2, 0) is 0 Å². The molecule has 0 saturated carbocycles. The van der Waals surface area contributed by atoms with E-state index < -0.39 is 0 Å². The van der Waals surface area contributed by atoms with Gasteiger partial charge in [-0.1, -0.05) is 54.6 Å². The molecule has 1 aromatic heterocycles. The summed E-state index contributed by atoms with van der Waals surface area (Å²) >= 11 is 1.86. The molecule has 0 bridgehead atoms. The van der Waals surface area contributed by atoms with E-state index >= 15 is 0 Å². The molecule has 0 radical (unpaired) electrons. The van der Waals surface area contributed by atoms with Gasteiger partial charge in [0.05, 0.1) is 0 Å². The molecule has 1 heteroatoms. The zero-order chi connectivity index (χ0) is 12.4. The van der Waals surface area contributed by atoms with Crippen LogP contribution < -0.4 is 0 Å². The lowest BCUT2D eigenvalue weighted by atomic mass is 10.0. The van der Waals surface area contributed by atoms with Gasteiger partial charge in [-0.3, -0.25) is 0 Å². The van der Waals surface area contributed by atoms with Crippen molar-refractivity contribution in [2.75, 3.05) is 0 Å². The summed E-state index contributed by atoms with van der Waals surface area (Å²) < 4.78 is 1.35. The minimum absolute atomic E-state index is 1.29. The first-order valence-electron chi connectivity index (χ1n) is 6.10. The monoisotopic (exact) mass is 250 g/mol. The van der Waals surface area contributed by atoms with Gasteiger partial charge in [0, 0.05) is 20.5 Å². The average Bonchev–Trinajstić information content (AvgIpc) is 2.78. The third-order valence-electron chi connectivity index (χ3n) is 3.00. The Morgan fingerprint density at radius 2 is 1.61 bits per heavy atom. The molecule has 0 aliphatic rings. The van der Waals surface area contributed by atoms with E-state index in [1.54, 1.807) is 0 Å². The summed E-state index contributed by atoms with van der Waals surface area (Å²) in [4.78, 5) is 1.34. The van der Waals surface area contributed by atoms with Gasteiger partial charge in [-0.25, -0.2) is 0 Å². The Kier molecular flexibility index (Phi) is 2.99. The Bertz CT molecular complexity index is 690. The first-order valence-corrected chi connectivity index (χ1v) is 6.91. The van der Waals surface area contributed by atoms with Crippen LogP contribution in [0.25, 0.3) is 27.3 Å². The SMILES string of the molecule is CC=Cc1sc2ccccc2c1-c1ccccc1. The molecule has 0 atom stereocenters. The third kappa shape index (κ3) is 1.87. The second-order valence-corrected chi connectivity index (χ2v) is 5.29. The highest BCUT2D eigenvalue weighted by molar-refractivity contribution is 7.20. The first kappa shape index (κ1) is 11.2. The molecule has 3 aromatic rings. The van der Waals surface area contributed by atoms with Gasteiger partial charge < -0.3 is 0 Å². The summed E-state index contributed by atoms with van der Waals surface area (Å²) in [6.07, 6.45) is 4.31. The third-order valence-corrected chi connectivity index (χ3v) is 4.14. The zero-order valence-electron chi connectivity index (χ0n) is 10.3. The van der Waals surface area contributed by atoms with Gasteiger partial charge in [-0.05, 0) is 24.6 Å². The Balaban J connectivity index is 2.35. The highest BCUT2D eigenvalue weighted by atomic mass is 32.1. The van der Waals surface area contributed by atoms with Crippen molar-refractivity contribution in [1.29, 1.82) is 0 Å². The van der Waals surface area contributed by atoms with Crippen LogP contribution in [0, 0.1) is 0 Å². The number of hydrogen-bond acceptors (Lipinski definition) is 1. The maximum Gasteiger partial charge on any atom is 0.0358 e. The maximum atomic E-state index is 2.21. The van der Waals surface area contributed by atoms with Crippen LogP contribution >= 0.6 is 11.3 Å². The summed E-state index contributed by atoms with van der Waals surface area (Å²) in [6, 6.07) is 19.2. The summed E-state index contributed by atoms with van der Waals surface area (Å²) in [5.41, 5.74) is 2.65. The molecule has 0 amide bonds. The molecule has 0 fully saturated rings. The van der Waals surface area contributed by atoms with Crippen LogP contribution in [-0.4, -0.2) is 0 Å². The number of hydrogen-bond donors (Lipinski definition) is 0. The average molecular weight is 250 g/mol. The van der Waals surface area contributed by atoms with Crippen molar-refractivity contribution >= 4 is 27.5 Å². The molecule has 0 aliphatic carbocycles. The van der Waals surface area contributed by atoms with Gasteiger partial charge in [0.1, 0.15) is 0 Å². The van der Waals surface area contributed by atoms with Crippen molar-refractivity contribution in [2.24, 2.45) is 0 Å². The van der Waals surface area contributed by atoms with Crippen molar-refractivity contribution in [1.82, 2.24) is 0 Å². The number of benzene rings is 2. The highest BCUT2D eigenvalue weighted by Crippen LogP contribution is 2.39. The molecule has 1 heterocycles. The van der Waals surface area contributed by atoms with Gasteiger partial charge in [0.2, 0.25) is 0 Å².